The molecule has 1 aromatic heterocycles. The number of amides is 2. The molecule has 0 radical (unpaired) electrons. The van der Waals surface area contributed by atoms with Crippen LogP contribution < -0.4 is 15.0 Å². The lowest BCUT2D eigenvalue weighted by Gasteiger charge is -2.29. The second-order valence-electron chi connectivity index (χ2n) is 6.01. The molecule has 0 aliphatic carbocycles. The third-order valence-electron chi connectivity index (χ3n) is 4.25. The fourth-order valence-electron chi connectivity index (χ4n) is 2.86. The van der Waals surface area contributed by atoms with Gasteiger partial charge in [0.1, 0.15) is 29.7 Å². The lowest BCUT2D eigenvalue weighted by Crippen LogP contribution is -2.39. The topological polar surface area (TPSA) is 54.5 Å². The van der Waals surface area contributed by atoms with Crippen molar-refractivity contribution >= 4 is 17.4 Å². The van der Waals surface area contributed by atoms with Crippen molar-refractivity contribution in [1.29, 1.82) is 0 Å². The Bertz CT molecular complexity index is 1010. The van der Waals surface area contributed by atoms with Crippen molar-refractivity contribution in [3.8, 4) is 5.75 Å². The number of anilines is 2. The van der Waals surface area contributed by atoms with E-state index in [9.17, 15) is 13.6 Å². The highest BCUT2D eigenvalue weighted by molar-refractivity contribution is 6.04. The van der Waals surface area contributed by atoms with E-state index >= 15 is 0 Å². The Hall–Kier alpha value is -3.48. The standard InChI is InChI=1S/C20H15F2N3O2/c21-15-5-3-9-23-18(15)12-27-14-7-8-16(22)19(10-14)25-11-13-4-1-2-6-17(13)24-20(25)26/h1-10H,11-12H2,(H,24,26). The summed E-state index contributed by atoms with van der Waals surface area (Å²) in [4.78, 5) is 17.6. The minimum atomic E-state index is -0.555. The van der Waals surface area contributed by atoms with Gasteiger partial charge in [-0.15, -0.1) is 0 Å². The minimum Gasteiger partial charge on any atom is -0.487 e. The molecule has 3 aromatic rings. The van der Waals surface area contributed by atoms with Crippen LogP contribution in [0.5, 0.6) is 5.75 Å². The van der Waals surface area contributed by atoms with Crippen molar-refractivity contribution < 1.29 is 18.3 Å². The van der Waals surface area contributed by atoms with Crippen molar-refractivity contribution in [2.75, 3.05) is 10.2 Å². The molecule has 1 N–H and O–H groups in total. The zero-order valence-electron chi connectivity index (χ0n) is 14.2. The first-order chi connectivity index (χ1) is 13.1. The molecule has 136 valence electrons. The van der Waals surface area contributed by atoms with Gasteiger partial charge in [-0.2, -0.15) is 0 Å². The number of hydrogen-bond acceptors (Lipinski definition) is 3. The summed E-state index contributed by atoms with van der Waals surface area (Å²) in [5.74, 6) is -0.726. The highest BCUT2D eigenvalue weighted by Crippen LogP contribution is 2.31. The molecule has 0 bridgehead atoms. The fourth-order valence-corrected chi connectivity index (χ4v) is 2.86. The Morgan fingerprint density at radius 1 is 1.07 bits per heavy atom. The van der Waals surface area contributed by atoms with Gasteiger partial charge in [-0.25, -0.2) is 13.6 Å². The van der Waals surface area contributed by atoms with E-state index in [-0.39, 0.29) is 24.5 Å². The number of halogens is 2. The number of ether oxygens (including phenoxy) is 1. The van der Waals surface area contributed by atoms with E-state index in [1.165, 1.54) is 41.4 Å². The largest absolute Gasteiger partial charge is 0.487 e. The van der Waals surface area contributed by atoms with Gasteiger partial charge in [0.2, 0.25) is 0 Å². The molecular weight excluding hydrogens is 352 g/mol. The maximum absolute atomic E-state index is 14.4. The number of carbonyl (C=O) groups excluding carboxylic acids is 1. The Balaban J connectivity index is 1.58. The first kappa shape index (κ1) is 17.0. The summed E-state index contributed by atoms with van der Waals surface area (Å²) in [5.41, 5.74) is 1.81. The van der Waals surface area contributed by atoms with E-state index in [2.05, 4.69) is 10.3 Å². The van der Waals surface area contributed by atoms with Gasteiger partial charge in [0.25, 0.3) is 0 Å². The number of carbonyl (C=O) groups is 1. The number of pyridine rings is 1. The summed E-state index contributed by atoms with van der Waals surface area (Å²) in [6.45, 7) is 0.129. The van der Waals surface area contributed by atoms with Crippen LogP contribution >= 0.6 is 0 Å². The number of fused-ring (bicyclic) bond motifs is 1. The van der Waals surface area contributed by atoms with Gasteiger partial charge in [-0.3, -0.25) is 9.88 Å². The molecule has 0 saturated heterocycles. The van der Waals surface area contributed by atoms with Crippen molar-refractivity contribution in [1.82, 2.24) is 4.98 Å². The van der Waals surface area contributed by atoms with Crippen LogP contribution in [-0.4, -0.2) is 11.0 Å². The Labute approximate surface area is 154 Å². The minimum absolute atomic E-state index is 0.0843. The van der Waals surface area contributed by atoms with Gasteiger partial charge in [0.05, 0.1) is 12.2 Å². The molecule has 0 spiro atoms. The first-order valence-electron chi connectivity index (χ1n) is 8.30. The van der Waals surface area contributed by atoms with Crippen LogP contribution in [0.15, 0.2) is 60.8 Å². The number of hydrogen-bond donors (Lipinski definition) is 1. The van der Waals surface area contributed by atoms with Crippen LogP contribution in [-0.2, 0) is 13.2 Å². The molecule has 5 nitrogen and oxygen atoms in total. The molecule has 1 aliphatic rings. The summed E-state index contributed by atoms with van der Waals surface area (Å²) in [6.07, 6.45) is 1.47. The third-order valence-corrected chi connectivity index (χ3v) is 4.25. The fraction of sp³-hybridized carbons (Fsp3) is 0.100. The SMILES string of the molecule is O=C1Nc2ccccc2CN1c1cc(OCc2ncccc2F)ccc1F. The smallest absolute Gasteiger partial charge is 0.326 e. The summed E-state index contributed by atoms with van der Waals surface area (Å²) in [7, 11) is 0. The van der Waals surface area contributed by atoms with E-state index in [1.807, 2.05) is 18.2 Å². The van der Waals surface area contributed by atoms with Crippen LogP contribution in [0.25, 0.3) is 0 Å². The highest BCUT2D eigenvalue weighted by atomic mass is 19.1. The molecular formula is C20H15F2N3O2. The number of nitrogens with one attached hydrogen (secondary N) is 1. The molecule has 4 rings (SSSR count). The first-order valence-corrected chi connectivity index (χ1v) is 8.30. The quantitative estimate of drug-likeness (QED) is 0.739. The number of para-hydroxylation sites is 1. The second-order valence-corrected chi connectivity index (χ2v) is 6.01. The van der Waals surface area contributed by atoms with Crippen molar-refractivity contribution in [2.45, 2.75) is 13.2 Å². The molecule has 2 amide bonds. The third kappa shape index (κ3) is 3.44. The number of benzene rings is 2. The Kier molecular flexibility index (Phi) is 4.42. The van der Waals surface area contributed by atoms with Crippen molar-refractivity contribution in [3.05, 3.63) is 83.7 Å². The predicted octanol–water partition coefficient (Wildman–Crippen LogP) is 4.49. The predicted molar refractivity (Wildman–Crippen MR) is 96.6 cm³/mol. The molecule has 0 atom stereocenters. The molecule has 0 saturated carbocycles. The Morgan fingerprint density at radius 3 is 2.78 bits per heavy atom. The molecule has 0 unspecified atom stereocenters. The highest BCUT2D eigenvalue weighted by Gasteiger charge is 2.26. The van der Waals surface area contributed by atoms with E-state index in [4.69, 9.17) is 4.74 Å². The molecule has 2 heterocycles. The average Bonchev–Trinajstić information content (AvgIpc) is 2.68. The van der Waals surface area contributed by atoms with E-state index in [1.54, 1.807) is 6.07 Å². The van der Waals surface area contributed by atoms with Gasteiger partial charge in [-0.05, 0) is 35.9 Å². The molecule has 2 aromatic carbocycles. The maximum Gasteiger partial charge on any atom is 0.326 e. The maximum atomic E-state index is 14.4. The van der Waals surface area contributed by atoms with Crippen LogP contribution in [0.1, 0.15) is 11.3 Å². The van der Waals surface area contributed by atoms with Gasteiger partial charge in [0, 0.05) is 18.0 Å². The number of rotatable bonds is 4. The van der Waals surface area contributed by atoms with Crippen molar-refractivity contribution in [3.63, 3.8) is 0 Å². The second kappa shape index (κ2) is 7.03. The normalized spacial score (nSPS) is 13.1. The monoisotopic (exact) mass is 367 g/mol. The van der Waals surface area contributed by atoms with Crippen LogP contribution in [0.2, 0.25) is 0 Å². The molecule has 7 heteroatoms. The Morgan fingerprint density at radius 2 is 1.93 bits per heavy atom. The van der Waals surface area contributed by atoms with Gasteiger partial charge >= 0.3 is 6.03 Å². The van der Waals surface area contributed by atoms with Gasteiger partial charge in [0.15, 0.2) is 0 Å². The zero-order chi connectivity index (χ0) is 18.8. The zero-order valence-corrected chi connectivity index (χ0v) is 14.2. The molecule has 0 fully saturated rings. The number of nitrogens with zero attached hydrogens (tertiary/aromatic N) is 2. The summed E-state index contributed by atoms with van der Waals surface area (Å²) < 4.78 is 33.6. The summed E-state index contributed by atoms with van der Waals surface area (Å²) in [6, 6.07) is 13.7. The summed E-state index contributed by atoms with van der Waals surface area (Å²) in [5, 5.41) is 2.74. The lowest BCUT2D eigenvalue weighted by atomic mass is 10.1. The van der Waals surface area contributed by atoms with E-state index < -0.39 is 17.7 Å². The van der Waals surface area contributed by atoms with E-state index in [0.717, 1.165) is 5.56 Å². The van der Waals surface area contributed by atoms with Crippen molar-refractivity contribution in [2.24, 2.45) is 0 Å². The molecule has 1 aliphatic heterocycles. The van der Waals surface area contributed by atoms with Gasteiger partial charge < -0.3 is 10.1 Å². The summed E-state index contributed by atoms with van der Waals surface area (Å²) >= 11 is 0. The van der Waals surface area contributed by atoms with Crippen LogP contribution in [0, 0.1) is 11.6 Å². The average molecular weight is 367 g/mol. The lowest BCUT2D eigenvalue weighted by molar-refractivity contribution is 0.255. The number of aromatic nitrogens is 1. The molecule has 27 heavy (non-hydrogen) atoms. The van der Waals surface area contributed by atoms with Gasteiger partial charge in [-0.1, -0.05) is 18.2 Å². The van der Waals surface area contributed by atoms with Crippen LogP contribution in [0.3, 0.4) is 0 Å². The van der Waals surface area contributed by atoms with E-state index in [0.29, 0.717) is 11.4 Å². The van der Waals surface area contributed by atoms with Crippen LogP contribution in [0.4, 0.5) is 25.0 Å². The number of urea groups is 1.